The van der Waals surface area contributed by atoms with E-state index in [9.17, 15) is 41.1 Å². The summed E-state index contributed by atoms with van der Waals surface area (Å²) < 4.78 is 78.7. The van der Waals surface area contributed by atoms with Gasteiger partial charge in [-0.1, -0.05) is 62.4 Å². The fourth-order valence-electron chi connectivity index (χ4n) is 4.83. The highest BCUT2D eigenvalue weighted by Gasteiger charge is 2.42. The molecule has 0 aromatic heterocycles. The molecule has 0 aliphatic rings. The van der Waals surface area contributed by atoms with E-state index in [1.807, 2.05) is 50.2 Å². The lowest BCUT2D eigenvalue weighted by molar-refractivity contribution is -0.193. The molecule has 0 spiro atoms. The van der Waals surface area contributed by atoms with E-state index in [0.29, 0.717) is 18.7 Å². The van der Waals surface area contributed by atoms with Gasteiger partial charge in [0.05, 0.1) is 36.3 Å². The first kappa shape index (κ1) is 41.0. The molecule has 0 saturated heterocycles. The van der Waals surface area contributed by atoms with Gasteiger partial charge >= 0.3 is 18.1 Å². The minimum Gasteiger partial charge on any atom is -0.497 e. The van der Waals surface area contributed by atoms with E-state index in [1.54, 1.807) is 25.3 Å². The van der Waals surface area contributed by atoms with Crippen LogP contribution >= 0.6 is 0 Å². The Morgan fingerprint density at radius 2 is 1.51 bits per heavy atom. The lowest BCUT2D eigenvalue weighted by Gasteiger charge is -2.27. The third kappa shape index (κ3) is 14.4. The van der Waals surface area contributed by atoms with Gasteiger partial charge in [0.25, 0.3) is 5.91 Å². The van der Waals surface area contributed by atoms with Crippen LogP contribution in [0.4, 0.5) is 13.2 Å². The van der Waals surface area contributed by atoms with Crippen LogP contribution in [-0.4, -0.2) is 81.0 Å². The number of amides is 1. The van der Waals surface area contributed by atoms with Gasteiger partial charge in [-0.3, -0.25) is 4.79 Å². The Labute approximate surface area is 295 Å². The van der Waals surface area contributed by atoms with Crippen molar-refractivity contribution in [1.82, 2.24) is 10.6 Å². The average molecular weight is 737 g/mol. The second-order valence-corrected chi connectivity index (χ2v) is 14.6. The molecular formula is C36H43F3N2O9S. The molecule has 3 rings (SSSR count). The second-order valence-electron chi connectivity index (χ2n) is 12.3. The zero-order valence-electron chi connectivity index (χ0n) is 28.5. The number of carbonyl (C=O) groups is 3. The Bertz CT molecular complexity index is 1700. The molecule has 11 nitrogen and oxygen atoms in total. The first-order valence-corrected chi connectivity index (χ1v) is 18.0. The van der Waals surface area contributed by atoms with Crippen molar-refractivity contribution >= 4 is 27.7 Å². The molecule has 278 valence electrons. The van der Waals surface area contributed by atoms with Gasteiger partial charge < -0.3 is 30.0 Å². The van der Waals surface area contributed by atoms with E-state index in [0.717, 1.165) is 23.3 Å². The maximum atomic E-state index is 13.8. The molecule has 51 heavy (non-hydrogen) atoms. The number of nitrogens with one attached hydrogen (secondary N) is 2. The molecule has 0 bridgehead atoms. The number of aliphatic hydroxyl groups is 1. The molecule has 0 saturated carbocycles. The highest BCUT2D eigenvalue weighted by atomic mass is 32.2. The fourth-order valence-corrected chi connectivity index (χ4v) is 6.43. The summed E-state index contributed by atoms with van der Waals surface area (Å²) >= 11 is 0. The van der Waals surface area contributed by atoms with Crippen LogP contribution in [0.5, 0.6) is 11.5 Å². The quantitative estimate of drug-likeness (QED) is 0.119. The van der Waals surface area contributed by atoms with Crippen LogP contribution < -0.4 is 20.1 Å². The maximum Gasteiger partial charge on any atom is 0.491 e. The molecule has 0 radical (unpaired) electrons. The van der Waals surface area contributed by atoms with E-state index in [2.05, 4.69) is 15.4 Å². The van der Waals surface area contributed by atoms with Crippen molar-refractivity contribution in [3.63, 3.8) is 0 Å². The number of carbonyl (C=O) groups excluding carboxylic acids is 3. The maximum absolute atomic E-state index is 13.8. The molecule has 3 aromatic carbocycles. The summed E-state index contributed by atoms with van der Waals surface area (Å²) in [6.45, 7) is 4.19. The van der Waals surface area contributed by atoms with Crippen molar-refractivity contribution < 1.29 is 55.3 Å². The van der Waals surface area contributed by atoms with Crippen molar-refractivity contribution in [3.8, 4) is 11.5 Å². The molecule has 0 fully saturated rings. The molecular weight excluding hydrogens is 693 g/mol. The summed E-state index contributed by atoms with van der Waals surface area (Å²) in [6, 6.07) is 20.1. The second kappa shape index (κ2) is 19.2. The lowest BCUT2D eigenvalue weighted by atomic mass is 10.0. The number of rotatable bonds is 19. The predicted molar refractivity (Wildman–Crippen MR) is 183 cm³/mol. The van der Waals surface area contributed by atoms with Crippen LogP contribution in [0.2, 0.25) is 0 Å². The average Bonchev–Trinajstić information content (AvgIpc) is 3.09. The molecule has 1 unspecified atom stereocenters. The van der Waals surface area contributed by atoms with Crippen molar-refractivity contribution in [2.75, 3.05) is 25.2 Å². The van der Waals surface area contributed by atoms with E-state index in [-0.39, 0.29) is 36.8 Å². The molecule has 1 amide bonds. The fraction of sp³-hybridized carbons (Fsp3) is 0.417. The van der Waals surface area contributed by atoms with Crippen LogP contribution in [0.3, 0.4) is 0 Å². The summed E-state index contributed by atoms with van der Waals surface area (Å²) in [7, 11) is -2.08. The summed E-state index contributed by atoms with van der Waals surface area (Å²) in [5.74, 6) is -5.05. The SMILES string of the molecule is COc1cccc(CNC[C@H](O)[C@H](Cc2ccccc2)NC(=O)C(CCS(=O)(=O)CCC(C)C)Oc2cccc(C(=O)OC(=O)C(F)(F)F)c2)c1. The molecule has 3 aromatic rings. The summed E-state index contributed by atoms with van der Waals surface area (Å²) in [6.07, 6.45) is -7.73. The van der Waals surface area contributed by atoms with Gasteiger partial charge in [-0.05, 0) is 60.2 Å². The largest absolute Gasteiger partial charge is 0.497 e. The molecule has 0 aliphatic heterocycles. The Morgan fingerprint density at radius 1 is 0.863 bits per heavy atom. The summed E-state index contributed by atoms with van der Waals surface area (Å²) in [5, 5.41) is 17.2. The number of methoxy groups -OCH3 is 1. The van der Waals surface area contributed by atoms with Crippen LogP contribution in [0.15, 0.2) is 78.9 Å². The van der Waals surface area contributed by atoms with Crippen molar-refractivity contribution in [3.05, 3.63) is 95.6 Å². The van der Waals surface area contributed by atoms with Gasteiger partial charge in [-0.2, -0.15) is 13.2 Å². The number of hydrogen-bond acceptors (Lipinski definition) is 10. The van der Waals surface area contributed by atoms with Gasteiger partial charge in [0.2, 0.25) is 0 Å². The van der Waals surface area contributed by atoms with Crippen molar-refractivity contribution in [1.29, 1.82) is 0 Å². The van der Waals surface area contributed by atoms with Crippen LogP contribution in [-0.2, 0) is 37.1 Å². The smallest absolute Gasteiger partial charge is 0.491 e. The van der Waals surface area contributed by atoms with Gasteiger partial charge in [-0.15, -0.1) is 0 Å². The summed E-state index contributed by atoms with van der Waals surface area (Å²) in [4.78, 5) is 37.3. The van der Waals surface area contributed by atoms with E-state index >= 15 is 0 Å². The Kier molecular flexibility index (Phi) is 15.4. The Hall–Kier alpha value is -4.47. The minimum absolute atomic E-state index is 0.0604. The van der Waals surface area contributed by atoms with E-state index in [4.69, 9.17) is 9.47 Å². The molecule has 0 heterocycles. The third-order valence-electron chi connectivity index (χ3n) is 7.66. The van der Waals surface area contributed by atoms with E-state index < -0.39 is 63.4 Å². The van der Waals surface area contributed by atoms with Crippen LogP contribution in [0.25, 0.3) is 0 Å². The zero-order valence-corrected chi connectivity index (χ0v) is 29.3. The van der Waals surface area contributed by atoms with Gasteiger partial charge in [0, 0.05) is 19.5 Å². The van der Waals surface area contributed by atoms with Crippen molar-refractivity contribution in [2.45, 2.75) is 64.1 Å². The summed E-state index contributed by atoms with van der Waals surface area (Å²) in [5.41, 5.74) is 1.21. The Balaban J connectivity index is 1.83. The number of halogens is 3. The van der Waals surface area contributed by atoms with Gasteiger partial charge in [0.1, 0.15) is 21.3 Å². The molecule has 0 aliphatic carbocycles. The highest BCUT2D eigenvalue weighted by molar-refractivity contribution is 7.91. The molecule has 3 atom stereocenters. The number of hydrogen-bond donors (Lipinski definition) is 3. The predicted octanol–water partition coefficient (Wildman–Crippen LogP) is 4.42. The number of aliphatic hydroxyl groups excluding tert-OH is 1. The topological polar surface area (TPSA) is 157 Å². The molecule has 3 N–H and O–H groups in total. The zero-order chi connectivity index (χ0) is 37.6. The first-order chi connectivity index (χ1) is 24.1. The number of sulfone groups is 1. The minimum atomic E-state index is -5.40. The third-order valence-corrected chi connectivity index (χ3v) is 9.38. The van der Waals surface area contributed by atoms with Gasteiger partial charge in [-0.25, -0.2) is 18.0 Å². The van der Waals surface area contributed by atoms with Gasteiger partial charge in [0.15, 0.2) is 6.10 Å². The Morgan fingerprint density at radius 3 is 2.18 bits per heavy atom. The monoisotopic (exact) mass is 736 g/mol. The standard InChI is InChI=1S/C36H43F3N2O9S/c1-24(2)15-17-51(46,47)18-16-32(49-29-14-8-12-27(21-29)34(44)50-35(45)36(37,38)39)33(43)41-30(20-25-9-5-4-6-10-25)31(42)23-40-22-26-11-7-13-28(19-26)48-3/h4-14,19,21,24,30-32,40,42H,15-18,20,22-23H2,1-3H3,(H,41,43)/t30-,31-,32?/m0/s1. The number of ether oxygens (including phenoxy) is 3. The molecule has 15 heteroatoms. The van der Waals surface area contributed by atoms with Crippen molar-refractivity contribution in [2.24, 2.45) is 5.92 Å². The van der Waals surface area contributed by atoms with Crippen LogP contribution in [0, 0.1) is 5.92 Å². The number of benzene rings is 3. The normalized spacial score (nSPS) is 13.6. The number of esters is 2. The van der Waals surface area contributed by atoms with E-state index in [1.165, 1.54) is 12.1 Å². The number of alkyl halides is 3. The first-order valence-electron chi connectivity index (χ1n) is 16.2. The lowest BCUT2D eigenvalue weighted by Crippen LogP contribution is -2.52. The highest BCUT2D eigenvalue weighted by Crippen LogP contribution is 2.21. The van der Waals surface area contributed by atoms with Crippen LogP contribution in [0.1, 0.15) is 48.2 Å².